The van der Waals surface area contributed by atoms with Gasteiger partial charge in [-0.2, -0.15) is 5.26 Å². The smallest absolute Gasteiger partial charge is 0.259 e. The summed E-state index contributed by atoms with van der Waals surface area (Å²) < 4.78 is 0. The molecule has 0 saturated carbocycles. The Balaban J connectivity index is 1.21. The number of fused-ring (bicyclic) bond motifs is 1. The van der Waals surface area contributed by atoms with Crippen molar-refractivity contribution in [2.24, 2.45) is 0 Å². The molecule has 0 spiro atoms. The summed E-state index contributed by atoms with van der Waals surface area (Å²) in [4.78, 5) is 46.1. The summed E-state index contributed by atoms with van der Waals surface area (Å²) in [6.45, 7) is 1.14. The number of likely N-dealkylation sites (tertiary alicyclic amines) is 1. The standard InChI is InChI=1S/C24H23N5O3S/c25-15-16-5-7-17(8-6-16)23(32)29-12-9-18(10-13-29)26-21(30)11-14-33-24-27-20-4-2-1-3-19(20)22(31)28-24/h1-8,18H,9-14H2,(H,26,30)(H,27,28,31). The van der Waals surface area contributed by atoms with Gasteiger partial charge < -0.3 is 15.2 Å². The molecule has 1 fully saturated rings. The number of amides is 2. The molecule has 1 aliphatic rings. The average molecular weight is 462 g/mol. The number of carbonyl (C=O) groups is 2. The van der Waals surface area contributed by atoms with Crippen LogP contribution < -0.4 is 10.9 Å². The number of hydrogen-bond acceptors (Lipinski definition) is 6. The van der Waals surface area contributed by atoms with E-state index in [-0.39, 0.29) is 23.4 Å². The minimum atomic E-state index is -0.185. The quantitative estimate of drug-likeness (QED) is 0.430. The minimum Gasteiger partial charge on any atom is -0.353 e. The summed E-state index contributed by atoms with van der Waals surface area (Å²) in [5.74, 6) is 0.392. The molecule has 2 aromatic carbocycles. The van der Waals surface area contributed by atoms with Crippen LogP contribution in [0.5, 0.6) is 0 Å². The Morgan fingerprint density at radius 1 is 1.15 bits per heavy atom. The van der Waals surface area contributed by atoms with Crippen molar-refractivity contribution < 1.29 is 9.59 Å². The van der Waals surface area contributed by atoms with Crippen LogP contribution in [0.25, 0.3) is 10.9 Å². The van der Waals surface area contributed by atoms with E-state index in [1.807, 2.05) is 12.1 Å². The molecule has 2 heterocycles. The number of thioether (sulfide) groups is 1. The van der Waals surface area contributed by atoms with Gasteiger partial charge >= 0.3 is 0 Å². The molecule has 0 radical (unpaired) electrons. The van der Waals surface area contributed by atoms with Crippen LogP contribution >= 0.6 is 11.8 Å². The van der Waals surface area contributed by atoms with Crippen LogP contribution in [0.3, 0.4) is 0 Å². The number of aromatic amines is 1. The van der Waals surface area contributed by atoms with Crippen LogP contribution in [0.15, 0.2) is 58.5 Å². The van der Waals surface area contributed by atoms with Crippen molar-refractivity contribution in [1.82, 2.24) is 20.2 Å². The number of piperidine rings is 1. The molecular weight excluding hydrogens is 438 g/mol. The van der Waals surface area contributed by atoms with Gasteiger partial charge in [-0.25, -0.2) is 4.98 Å². The lowest BCUT2D eigenvalue weighted by Gasteiger charge is -2.32. The highest BCUT2D eigenvalue weighted by Gasteiger charge is 2.24. The van der Waals surface area contributed by atoms with Gasteiger partial charge in [0.25, 0.3) is 11.5 Å². The topological polar surface area (TPSA) is 119 Å². The molecule has 8 nitrogen and oxygen atoms in total. The number of carbonyl (C=O) groups excluding carboxylic acids is 2. The van der Waals surface area contributed by atoms with Crippen molar-refractivity contribution in [3.8, 4) is 6.07 Å². The first-order chi connectivity index (χ1) is 16.0. The van der Waals surface area contributed by atoms with E-state index in [4.69, 9.17) is 5.26 Å². The van der Waals surface area contributed by atoms with Gasteiger partial charge in [0.2, 0.25) is 5.91 Å². The highest BCUT2D eigenvalue weighted by atomic mass is 32.2. The highest BCUT2D eigenvalue weighted by Crippen LogP contribution is 2.17. The van der Waals surface area contributed by atoms with Crippen LogP contribution in [0.2, 0.25) is 0 Å². The number of nitriles is 1. The average Bonchev–Trinajstić information content (AvgIpc) is 2.84. The second kappa shape index (κ2) is 10.3. The molecule has 3 aromatic rings. The van der Waals surface area contributed by atoms with Gasteiger partial charge in [0.15, 0.2) is 5.16 Å². The van der Waals surface area contributed by atoms with Gasteiger partial charge in [0.1, 0.15) is 0 Å². The molecule has 2 amide bonds. The summed E-state index contributed by atoms with van der Waals surface area (Å²) in [7, 11) is 0. The van der Waals surface area contributed by atoms with Gasteiger partial charge in [-0.3, -0.25) is 14.4 Å². The molecule has 0 aliphatic carbocycles. The second-order valence-electron chi connectivity index (χ2n) is 7.81. The van der Waals surface area contributed by atoms with Crippen LogP contribution in [-0.2, 0) is 4.79 Å². The molecule has 0 atom stereocenters. The van der Waals surface area contributed by atoms with Crippen molar-refractivity contribution in [2.45, 2.75) is 30.5 Å². The zero-order valence-electron chi connectivity index (χ0n) is 17.9. The van der Waals surface area contributed by atoms with E-state index in [2.05, 4.69) is 15.3 Å². The van der Waals surface area contributed by atoms with Gasteiger partial charge in [-0.15, -0.1) is 0 Å². The Bertz CT molecular complexity index is 1260. The molecule has 1 aromatic heterocycles. The van der Waals surface area contributed by atoms with Crippen molar-refractivity contribution in [3.05, 3.63) is 70.0 Å². The van der Waals surface area contributed by atoms with Gasteiger partial charge in [0.05, 0.1) is 22.5 Å². The van der Waals surface area contributed by atoms with E-state index in [0.717, 1.165) is 0 Å². The first-order valence-electron chi connectivity index (χ1n) is 10.7. The third kappa shape index (κ3) is 5.59. The molecule has 1 saturated heterocycles. The molecule has 2 N–H and O–H groups in total. The number of nitrogens with one attached hydrogen (secondary N) is 2. The third-order valence-electron chi connectivity index (χ3n) is 5.57. The fourth-order valence-corrected chi connectivity index (χ4v) is 4.58. The fourth-order valence-electron chi connectivity index (χ4n) is 3.77. The van der Waals surface area contributed by atoms with Gasteiger partial charge in [-0.1, -0.05) is 23.9 Å². The predicted octanol–water partition coefficient (Wildman–Crippen LogP) is 2.70. The van der Waals surface area contributed by atoms with Crippen LogP contribution in [0, 0.1) is 11.3 Å². The van der Waals surface area contributed by atoms with Crippen molar-refractivity contribution in [1.29, 1.82) is 5.26 Å². The number of rotatable bonds is 6. The number of nitrogens with zero attached hydrogens (tertiary/aromatic N) is 3. The normalized spacial score (nSPS) is 14.1. The summed E-state index contributed by atoms with van der Waals surface area (Å²) in [5, 5.41) is 13.0. The monoisotopic (exact) mass is 461 g/mol. The molecule has 0 unspecified atom stereocenters. The van der Waals surface area contributed by atoms with E-state index in [0.29, 0.717) is 65.3 Å². The van der Waals surface area contributed by atoms with Crippen molar-refractivity contribution in [2.75, 3.05) is 18.8 Å². The Labute approximate surface area is 195 Å². The zero-order chi connectivity index (χ0) is 23.2. The van der Waals surface area contributed by atoms with Crippen molar-refractivity contribution >= 4 is 34.5 Å². The largest absolute Gasteiger partial charge is 0.353 e. The van der Waals surface area contributed by atoms with E-state index in [1.165, 1.54) is 11.8 Å². The van der Waals surface area contributed by atoms with E-state index in [9.17, 15) is 14.4 Å². The Morgan fingerprint density at radius 2 is 1.88 bits per heavy atom. The maximum atomic E-state index is 12.6. The molecular formula is C24H23N5O3S. The Kier molecular flexibility index (Phi) is 7.05. The van der Waals surface area contributed by atoms with E-state index in [1.54, 1.807) is 47.4 Å². The lowest BCUT2D eigenvalue weighted by Crippen LogP contribution is -2.46. The van der Waals surface area contributed by atoms with E-state index < -0.39 is 0 Å². The maximum Gasteiger partial charge on any atom is 0.259 e. The minimum absolute atomic E-state index is 0.0334. The van der Waals surface area contributed by atoms with Crippen LogP contribution in [-0.4, -0.2) is 51.6 Å². The number of benzene rings is 2. The van der Waals surface area contributed by atoms with Gasteiger partial charge in [0, 0.05) is 36.9 Å². The zero-order valence-corrected chi connectivity index (χ0v) is 18.7. The Hall–Kier alpha value is -3.64. The lowest BCUT2D eigenvalue weighted by atomic mass is 10.0. The SMILES string of the molecule is N#Cc1ccc(C(=O)N2CCC(NC(=O)CCSc3nc4ccccc4c(=O)[nH]3)CC2)cc1. The number of hydrogen-bond donors (Lipinski definition) is 2. The summed E-state index contributed by atoms with van der Waals surface area (Å²) in [5.41, 5.74) is 1.54. The maximum absolute atomic E-state index is 12.6. The summed E-state index contributed by atoms with van der Waals surface area (Å²) in [6, 6.07) is 15.8. The van der Waals surface area contributed by atoms with E-state index >= 15 is 0 Å². The highest BCUT2D eigenvalue weighted by molar-refractivity contribution is 7.99. The molecule has 0 bridgehead atoms. The lowest BCUT2D eigenvalue weighted by molar-refractivity contribution is -0.121. The fraction of sp³-hybridized carbons (Fsp3) is 0.292. The molecule has 4 rings (SSSR count). The predicted molar refractivity (Wildman–Crippen MR) is 126 cm³/mol. The van der Waals surface area contributed by atoms with Crippen LogP contribution in [0.4, 0.5) is 0 Å². The van der Waals surface area contributed by atoms with Crippen LogP contribution in [0.1, 0.15) is 35.2 Å². The Morgan fingerprint density at radius 3 is 2.61 bits per heavy atom. The summed E-state index contributed by atoms with van der Waals surface area (Å²) >= 11 is 1.34. The molecule has 33 heavy (non-hydrogen) atoms. The molecule has 168 valence electrons. The number of aromatic nitrogens is 2. The first kappa shape index (κ1) is 22.6. The molecule has 1 aliphatic heterocycles. The number of para-hydroxylation sites is 1. The third-order valence-corrected chi connectivity index (χ3v) is 6.44. The molecule has 9 heteroatoms. The van der Waals surface area contributed by atoms with Gasteiger partial charge in [-0.05, 0) is 49.2 Å². The van der Waals surface area contributed by atoms with Crippen molar-refractivity contribution in [3.63, 3.8) is 0 Å². The number of H-pyrrole nitrogens is 1. The first-order valence-corrected chi connectivity index (χ1v) is 11.7. The second-order valence-corrected chi connectivity index (χ2v) is 8.89. The summed E-state index contributed by atoms with van der Waals surface area (Å²) in [6.07, 6.45) is 1.70.